The number of Topliss-reactive ketones (excluding diaryl/α,β-unsaturated/α-hetero) is 1. The normalized spacial score (nSPS) is 41.9. The van der Waals surface area contributed by atoms with Crippen molar-refractivity contribution in [1.82, 2.24) is 0 Å². The van der Waals surface area contributed by atoms with Gasteiger partial charge in [0.2, 0.25) is 0 Å². The molecule has 242 valence electrons. The lowest BCUT2D eigenvalue weighted by molar-refractivity contribution is -0.300. The van der Waals surface area contributed by atoms with E-state index in [2.05, 4.69) is 62.3 Å². The molecule has 42 heavy (non-hydrogen) atoms. The van der Waals surface area contributed by atoms with Gasteiger partial charge in [0.05, 0.1) is 35.9 Å². The van der Waals surface area contributed by atoms with E-state index in [1.54, 1.807) is 0 Å². The first-order chi connectivity index (χ1) is 19.5. The molecule has 1 saturated heterocycles. The number of hydrogen-bond donors (Lipinski definition) is 2. The molecule has 6 nitrogen and oxygen atoms in total. The van der Waals surface area contributed by atoms with E-state index >= 15 is 4.79 Å². The Hall–Kier alpha value is -0.356. The number of ether oxygens (including phenoxy) is 1. The van der Waals surface area contributed by atoms with Gasteiger partial charge in [0.1, 0.15) is 6.10 Å². The maximum absolute atomic E-state index is 15.1. The summed E-state index contributed by atoms with van der Waals surface area (Å²) in [5.74, 6) is -0.595. The van der Waals surface area contributed by atoms with E-state index in [9.17, 15) is 10.2 Å². The molecule has 0 aromatic rings. The highest BCUT2D eigenvalue weighted by Gasteiger charge is 2.73. The van der Waals surface area contributed by atoms with Crippen molar-refractivity contribution in [3.63, 3.8) is 0 Å². The average Bonchev–Trinajstić information content (AvgIpc) is 2.96. The predicted octanol–water partition coefficient (Wildman–Crippen LogP) is 7.26. The van der Waals surface area contributed by atoms with Crippen molar-refractivity contribution in [2.45, 2.75) is 162 Å². The van der Waals surface area contributed by atoms with Crippen LogP contribution < -0.4 is 0 Å². The highest BCUT2D eigenvalue weighted by molar-refractivity contribution is 6.74. The molecule has 3 fully saturated rings. The minimum atomic E-state index is -2.10. The Bertz CT molecular complexity index is 1050. The van der Waals surface area contributed by atoms with E-state index in [-0.39, 0.29) is 41.3 Å². The molecule has 0 amide bonds. The fourth-order valence-corrected chi connectivity index (χ4v) is 16.1. The van der Waals surface area contributed by atoms with Gasteiger partial charge in [0.25, 0.3) is 0 Å². The molecule has 2 bridgehead atoms. The monoisotopic (exact) mass is 622 g/mol. The SMILES string of the molecule is CC[Si](CC)(CC)O[C@H]1C[C@@]2(O)[C@@H](C)C3[C@]4(C)CO[C@@H]4C[C@H](O[Si](CC)(CC)CC)[C@@]3(C)C(=O)[C@H](O)C(=C1C)C2(C)C. The van der Waals surface area contributed by atoms with Gasteiger partial charge < -0.3 is 23.8 Å². The van der Waals surface area contributed by atoms with Gasteiger partial charge >= 0.3 is 0 Å². The summed E-state index contributed by atoms with van der Waals surface area (Å²) in [5, 5.41) is 25.5. The summed E-state index contributed by atoms with van der Waals surface area (Å²) in [4.78, 5) is 15.1. The molecule has 0 aromatic carbocycles. The fourth-order valence-electron chi connectivity index (χ4n) is 10.3. The molecule has 1 unspecified atom stereocenters. The Morgan fingerprint density at radius 2 is 1.40 bits per heavy atom. The largest absolute Gasteiger partial charge is 0.413 e. The number of rotatable bonds is 10. The molecule has 1 heterocycles. The average molecular weight is 623 g/mol. The smallest absolute Gasteiger partial charge is 0.192 e. The first-order valence-electron chi connectivity index (χ1n) is 17.1. The highest BCUT2D eigenvalue weighted by atomic mass is 28.4. The first kappa shape index (κ1) is 34.5. The molecule has 2 saturated carbocycles. The summed E-state index contributed by atoms with van der Waals surface area (Å²) in [6, 6.07) is 5.99. The van der Waals surface area contributed by atoms with Crippen molar-refractivity contribution in [1.29, 1.82) is 0 Å². The van der Waals surface area contributed by atoms with Crippen molar-refractivity contribution in [3.8, 4) is 0 Å². The summed E-state index contributed by atoms with van der Waals surface area (Å²) >= 11 is 0. The van der Waals surface area contributed by atoms with Gasteiger partial charge in [0.15, 0.2) is 22.4 Å². The molecular formula is C34H62O6Si2. The van der Waals surface area contributed by atoms with Crippen molar-refractivity contribution in [3.05, 3.63) is 11.1 Å². The standard InChI is InChI=1S/C34H62O6Si2/c1-13-41(14-2,15-3)39-24-20-34(37)23(8)29-32(11)21-38-25(32)19-26(40-42(16-4,17-5)18-6)33(29,12)30(36)28(35)27(22(24)7)31(34,9)10/h23-26,28-29,35,37H,13-21H2,1-12H3/t23-,24-,25+,26-,28+,29?,32+,33+,34+/m0/s1. The minimum absolute atomic E-state index is 0.0240. The fraction of sp³-hybridized carbons (Fsp3) is 0.912. The van der Waals surface area contributed by atoms with Gasteiger partial charge in [-0.2, -0.15) is 0 Å². The van der Waals surface area contributed by atoms with Crippen molar-refractivity contribution in [2.24, 2.45) is 28.1 Å². The van der Waals surface area contributed by atoms with Gasteiger partial charge in [-0.3, -0.25) is 4.79 Å². The van der Waals surface area contributed by atoms with Crippen LogP contribution in [-0.4, -0.2) is 69.3 Å². The van der Waals surface area contributed by atoms with Gasteiger partial charge in [-0.05, 0) is 73.1 Å². The molecule has 9 atom stereocenters. The second-order valence-electron chi connectivity index (χ2n) is 15.4. The maximum atomic E-state index is 15.1. The van der Waals surface area contributed by atoms with E-state index in [4.69, 9.17) is 13.6 Å². The Kier molecular flexibility index (Phi) is 9.42. The zero-order chi connectivity index (χ0) is 31.7. The number of ketones is 1. The van der Waals surface area contributed by atoms with Crippen LogP contribution in [0, 0.1) is 28.1 Å². The van der Waals surface area contributed by atoms with Gasteiger partial charge in [0, 0.05) is 23.7 Å². The van der Waals surface area contributed by atoms with Crippen LogP contribution in [-0.2, 0) is 18.4 Å². The number of hydrogen-bond acceptors (Lipinski definition) is 6. The molecule has 0 aromatic heterocycles. The summed E-state index contributed by atoms with van der Waals surface area (Å²) in [6.45, 7) is 26.5. The molecule has 1 aliphatic heterocycles. The quantitative estimate of drug-likeness (QED) is 0.197. The second-order valence-corrected chi connectivity index (χ2v) is 24.9. The van der Waals surface area contributed by atoms with Crippen LogP contribution in [0.2, 0.25) is 36.3 Å². The Morgan fingerprint density at radius 1 is 0.905 bits per heavy atom. The number of aliphatic hydroxyl groups is 2. The molecule has 4 rings (SSSR count). The summed E-state index contributed by atoms with van der Waals surface area (Å²) in [6.07, 6.45) is -0.862. The van der Waals surface area contributed by atoms with E-state index in [0.717, 1.165) is 41.8 Å². The molecule has 0 spiro atoms. The van der Waals surface area contributed by atoms with E-state index in [0.29, 0.717) is 25.0 Å². The number of aliphatic hydroxyl groups excluding tert-OH is 1. The zero-order valence-electron chi connectivity index (χ0n) is 28.9. The predicted molar refractivity (Wildman–Crippen MR) is 174 cm³/mol. The van der Waals surface area contributed by atoms with Crippen LogP contribution in [0.3, 0.4) is 0 Å². The lowest BCUT2D eigenvalue weighted by atomic mass is 9.40. The van der Waals surface area contributed by atoms with Gasteiger partial charge in [-0.25, -0.2) is 0 Å². The topological polar surface area (TPSA) is 85.2 Å². The lowest BCUT2D eigenvalue weighted by Gasteiger charge is -2.69. The molecule has 2 N–H and O–H groups in total. The van der Waals surface area contributed by atoms with Crippen molar-refractivity contribution in [2.75, 3.05) is 6.61 Å². The summed E-state index contributed by atoms with van der Waals surface area (Å²) in [7, 11) is -4.14. The van der Waals surface area contributed by atoms with E-state index in [1.165, 1.54) is 0 Å². The van der Waals surface area contributed by atoms with Crippen molar-refractivity contribution >= 4 is 22.4 Å². The molecule has 8 heteroatoms. The maximum Gasteiger partial charge on any atom is 0.192 e. The molecule has 3 aliphatic carbocycles. The summed E-state index contributed by atoms with van der Waals surface area (Å²) < 4.78 is 20.6. The third-order valence-electron chi connectivity index (χ3n) is 13.9. The third-order valence-corrected chi connectivity index (χ3v) is 23.2. The Labute approximate surface area is 258 Å². The molecule has 0 radical (unpaired) electrons. The zero-order valence-corrected chi connectivity index (χ0v) is 30.9. The van der Waals surface area contributed by atoms with Crippen molar-refractivity contribution < 1.29 is 28.6 Å². The van der Waals surface area contributed by atoms with E-state index in [1.807, 2.05) is 20.8 Å². The number of fused-ring (bicyclic) bond motifs is 5. The van der Waals surface area contributed by atoms with Gasteiger partial charge in [-0.15, -0.1) is 0 Å². The molecular weight excluding hydrogens is 561 g/mol. The van der Waals surface area contributed by atoms with Crippen LogP contribution in [0.5, 0.6) is 0 Å². The second kappa shape index (κ2) is 11.5. The Balaban J connectivity index is 1.95. The molecule has 4 aliphatic rings. The Morgan fingerprint density at radius 3 is 1.86 bits per heavy atom. The number of carbonyl (C=O) groups excluding carboxylic acids is 1. The van der Waals surface area contributed by atoms with Crippen LogP contribution in [0.15, 0.2) is 11.1 Å². The highest BCUT2D eigenvalue weighted by Crippen LogP contribution is 2.67. The minimum Gasteiger partial charge on any atom is -0.413 e. The van der Waals surface area contributed by atoms with Gasteiger partial charge in [-0.1, -0.05) is 69.2 Å². The van der Waals surface area contributed by atoms with Crippen LogP contribution in [0.4, 0.5) is 0 Å². The first-order valence-corrected chi connectivity index (χ1v) is 22.2. The van der Waals surface area contributed by atoms with Crippen LogP contribution >= 0.6 is 0 Å². The van der Waals surface area contributed by atoms with Crippen LogP contribution in [0.25, 0.3) is 0 Å². The third kappa shape index (κ3) is 4.58. The lowest BCUT2D eigenvalue weighted by Crippen LogP contribution is -2.76. The van der Waals surface area contributed by atoms with Crippen LogP contribution in [0.1, 0.15) is 95.9 Å². The van der Waals surface area contributed by atoms with E-state index < -0.39 is 39.2 Å². The number of carbonyl (C=O) groups is 1. The summed E-state index contributed by atoms with van der Waals surface area (Å²) in [5.41, 5.74) is -1.62.